The molecule has 6 nitrogen and oxygen atoms in total. The summed E-state index contributed by atoms with van der Waals surface area (Å²) < 4.78 is 0. The lowest BCUT2D eigenvalue weighted by atomic mass is 10.1. The Morgan fingerprint density at radius 2 is 1.91 bits per heavy atom. The molecule has 0 aliphatic carbocycles. The van der Waals surface area contributed by atoms with Gasteiger partial charge in [0.25, 0.3) is 5.69 Å². The third-order valence-corrected chi connectivity index (χ3v) is 3.41. The predicted molar refractivity (Wildman–Crippen MR) is 89.0 cm³/mol. The van der Waals surface area contributed by atoms with Gasteiger partial charge >= 0.3 is 0 Å². The van der Waals surface area contributed by atoms with Gasteiger partial charge < -0.3 is 10.2 Å². The zero-order valence-corrected chi connectivity index (χ0v) is 13.1. The third kappa shape index (κ3) is 4.28. The summed E-state index contributed by atoms with van der Waals surface area (Å²) in [5.74, 6) is 0. The normalized spacial score (nSPS) is 10.3. The van der Waals surface area contributed by atoms with Gasteiger partial charge in [-0.15, -0.1) is 0 Å². The standard InChI is InChI=1S/C17H18N4O2/c1-20(2)12-14-6-4-3-5-13(14)11-19-17-8-7-16(21(22)23)9-15(17)10-18/h3-9,19H,11-12H2,1-2H3. The number of rotatable bonds is 6. The van der Waals surface area contributed by atoms with Crippen LogP contribution in [-0.2, 0) is 13.1 Å². The number of nitriles is 1. The Labute approximate surface area is 135 Å². The Bertz CT molecular complexity index is 750. The fourth-order valence-corrected chi connectivity index (χ4v) is 2.31. The van der Waals surface area contributed by atoms with E-state index < -0.39 is 4.92 Å². The maximum Gasteiger partial charge on any atom is 0.270 e. The van der Waals surface area contributed by atoms with Crippen LogP contribution in [0.5, 0.6) is 0 Å². The Morgan fingerprint density at radius 3 is 2.52 bits per heavy atom. The van der Waals surface area contributed by atoms with Crippen LogP contribution in [0.1, 0.15) is 16.7 Å². The van der Waals surface area contributed by atoms with Crippen LogP contribution in [0.15, 0.2) is 42.5 Å². The van der Waals surface area contributed by atoms with Crippen molar-refractivity contribution < 1.29 is 4.92 Å². The molecule has 2 aromatic rings. The van der Waals surface area contributed by atoms with E-state index in [1.807, 2.05) is 38.4 Å². The molecule has 0 saturated carbocycles. The Balaban J connectivity index is 2.19. The molecule has 118 valence electrons. The zero-order valence-electron chi connectivity index (χ0n) is 13.1. The number of nitro groups is 1. The highest BCUT2D eigenvalue weighted by atomic mass is 16.6. The minimum Gasteiger partial charge on any atom is -0.380 e. The van der Waals surface area contributed by atoms with Crippen molar-refractivity contribution >= 4 is 11.4 Å². The molecule has 6 heteroatoms. The molecule has 0 bridgehead atoms. The van der Waals surface area contributed by atoms with Gasteiger partial charge in [0.05, 0.1) is 16.2 Å². The smallest absolute Gasteiger partial charge is 0.270 e. The van der Waals surface area contributed by atoms with Gasteiger partial charge in [0.1, 0.15) is 6.07 Å². The monoisotopic (exact) mass is 310 g/mol. The maximum absolute atomic E-state index is 10.8. The van der Waals surface area contributed by atoms with Gasteiger partial charge in [0.2, 0.25) is 0 Å². The van der Waals surface area contributed by atoms with Crippen molar-refractivity contribution in [2.75, 3.05) is 19.4 Å². The number of hydrogen-bond donors (Lipinski definition) is 1. The van der Waals surface area contributed by atoms with Crippen LogP contribution in [-0.4, -0.2) is 23.9 Å². The molecule has 2 rings (SSSR count). The number of hydrogen-bond acceptors (Lipinski definition) is 5. The zero-order chi connectivity index (χ0) is 16.8. The SMILES string of the molecule is CN(C)Cc1ccccc1CNc1ccc([N+](=O)[O-])cc1C#N. The number of anilines is 1. The molecule has 0 radical (unpaired) electrons. The molecule has 0 heterocycles. The van der Waals surface area contributed by atoms with E-state index >= 15 is 0 Å². The number of non-ortho nitro benzene ring substituents is 1. The van der Waals surface area contributed by atoms with Crippen LogP contribution >= 0.6 is 0 Å². The van der Waals surface area contributed by atoms with Gasteiger partial charge in [-0.3, -0.25) is 10.1 Å². The molecular formula is C17H18N4O2. The molecular weight excluding hydrogens is 292 g/mol. The fourth-order valence-electron chi connectivity index (χ4n) is 2.31. The van der Waals surface area contributed by atoms with Crippen LogP contribution in [0.25, 0.3) is 0 Å². The van der Waals surface area contributed by atoms with E-state index in [1.54, 1.807) is 6.07 Å². The first-order chi connectivity index (χ1) is 11.0. The molecule has 0 atom stereocenters. The summed E-state index contributed by atoms with van der Waals surface area (Å²) in [4.78, 5) is 12.4. The summed E-state index contributed by atoms with van der Waals surface area (Å²) in [7, 11) is 4.02. The summed E-state index contributed by atoms with van der Waals surface area (Å²) in [6.45, 7) is 1.37. The van der Waals surface area contributed by atoms with E-state index in [2.05, 4.69) is 16.3 Å². The molecule has 0 aliphatic rings. The van der Waals surface area contributed by atoms with E-state index in [9.17, 15) is 15.4 Å². The van der Waals surface area contributed by atoms with Crippen molar-refractivity contribution in [1.29, 1.82) is 5.26 Å². The summed E-state index contributed by atoms with van der Waals surface area (Å²) in [6.07, 6.45) is 0. The van der Waals surface area contributed by atoms with Gasteiger partial charge in [-0.2, -0.15) is 5.26 Å². The Kier molecular flexibility index (Phi) is 5.28. The van der Waals surface area contributed by atoms with Gasteiger partial charge in [0, 0.05) is 25.2 Å². The van der Waals surface area contributed by atoms with Crippen molar-refractivity contribution in [3.05, 3.63) is 69.3 Å². The molecule has 0 fully saturated rings. The summed E-state index contributed by atoms with van der Waals surface area (Å²) in [6, 6.07) is 14.3. The molecule has 0 aromatic heterocycles. The highest BCUT2D eigenvalue weighted by Gasteiger charge is 2.11. The summed E-state index contributed by atoms with van der Waals surface area (Å²) in [5.41, 5.74) is 3.11. The summed E-state index contributed by atoms with van der Waals surface area (Å²) in [5, 5.41) is 23.2. The molecule has 23 heavy (non-hydrogen) atoms. The highest BCUT2D eigenvalue weighted by Crippen LogP contribution is 2.22. The van der Waals surface area contributed by atoms with E-state index in [1.165, 1.54) is 17.7 Å². The second kappa shape index (κ2) is 7.38. The fraction of sp³-hybridized carbons (Fsp3) is 0.235. The molecule has 0 saturated heterocycles. The van der Waals surface area contributed by atoms with Gasteiger partial charge in [0.15, 0.2) is 0 Å². The molecule has 0 amide bonds. The largest absolute Gasteiger partial charge is 0.380 e. The average molecular weight is 310 g/mol. The van der Waals surface area contributed by atoms with Gasteiger partial charge in [-0.05, 0) is 31.3 Å². The Hall–Kier alpha value is -2.91. The van der Waals surface area contributed by atoms with Gasteiger partial charge in [-0.25, -0.2) is 0 Å². The van der Waals surface area contributed by atoms with Crippen LogP contribution in [0.2, 0.25) is 0 Å². The van der Waals surface area contributed by atoms with Crippen LogP contribution in [0.3, 0.4) is 0 Å². The second-order valence-corrected chi connectivity index (χ2v) is 5.46. The first kappa shape index (κ1) is 16.5. The first-order valence-electron chi connectivity index (χ1n) is 7.15. The molecule has 2 aromatic carbocycles. The van der Waals surface area contributed by atoms with Crippen molar-refractivity contribution in [1.82, 2.24) is 4.90 Å². The van der Waals surface area contributed by atoms with Crippen molar-refractivity contribution in [3.63, 3.8) is 0 Å². The van der Waals surface area contributed by atoms with E-state index in [4.69, 9.17) is 0 Å². The Morgan fingerprint density at radius 1 is 1.22 bits per heavy atom. The second-order valence-electron chi connectivity index (χ2n) is 5.46. The lowest BCUT2D eigenvalue weighted by molar-refractivity contribution is -0.384. The van der Waals surface area contributed by atoms with Crippen molar-refractivity contribution in [2.24, 2.45) is 0 Å². The minimum absolute atomic E-state index is 0.0832. The lowest BCUT2D eigenvalue weighted by Gasteiger charge is -2.15. The first-order valence-corrected chi connectivity index (χ1v) is 7.15. The highest BCUT2D eigenvalue weighted by molar-refractivity contribution is 5.61. The molecule has 0 aliphatic heterocycles. The molecule has 0 unspecified atom stereocenters. The van der Waals surface area contributed by atoms with E-state index in [0.29, 0.717) is 12.2 Å². The number of nitro benzene ring substituents is 1. The van der Waals surface area contributed by atoms with Crippen LogP contribution in [0.4, 0.5) is 11.4 Å². The van der Waals surface area contributed by atoms with E-state index in [0.717, 1.165) is 12.1 Å². The topological polar surface area (TPSA) is 82.2 Å². The lowest BCUT2D eigenvalue weighted by Crippen LogP contribution is -2.13. The summed E-state index contributed by atoms with van der Waals surface area (Å²) >= 11 is 0. The number of benzene rings is 2. The van der Waals surface area contributed by atoms with E-state index in [-0.39, 0.29) is 11.3 Å². The third-order valence-electron chi connectivity index (χ3n) is 3.41. The quantitative estimate of drug-likeness (QED) is 0.654. The molecule has 0 spiro atoms. The number of nitrogens with one attached hydrogen (secondary N) is 1. The van der Waals surface area contributed by atoms with Crippen LogP contribution in [0, 0.1) is 21.4 Å². The van der Waals surface area contributed by atoms with Crippen molar-refractivity contribution in [2.45, 2.75) is 13.1 Å². The molecule has 1 N–H and O–H groups in total. The van der Waals surface area contributed by atoms with Crippen LogP contribution < -0.4 is 5.32 Å². The van der Waals surface area contributed by atoms with Crippen molar-refractivity contribution in [3.8, 4) is 6.07 Å². The maximum atomic E-state index is 10.8. The predicted octanol–water partition coefficient (Wildman–Crippen LogP) is 3.14. The number of nitrogens with zero attached hydrogens (tertiary/aromatic N) is 3. The average Bonchev–Trinajstić information content (AvgIpc) is 2.53. The van der Waals surface area contributed by atoms with Gasteiger partial charge in [-0.1, -0.05) is 24.3 Å². The minimum atomic E-state index is -0.503.